The van der Waals surface area contributed by atoms with Crippen LogP contribution in [0.15, 0.2) is 34.8 Å². The average molecular weight is 292 g/mol. The van der Waals surface area contributed by atoms with Gasteiger partial charge in [0.25, 0.3) is 0 Å². The van der Waals surface area contributed by atoms with E-state index in [2.05, 4.69) is 34.1 Å². The van der Waals surface area contributed by atoms with Crippen molar-refractivity contribution in [1.29, 1.82) is 0 Å². The highest BCUT2D eigenvalue weighted by atomic mass is 79.9. The summed E-state index contributed by atoms with van der Waals surface area (Å²) >= 11 is 3.65. The van der Waals surface area contributed by atoms with Gasteiger partial charge in [-0.15, -0.1) is 0 Å². The predicted octanol–water partition coefficient (Wildman–Crippen LogP) is 3.77. The normalized spacial score (nSPS) is 19.5. The molecular formula is C14H14BrNO. The van der Waals surface area contributed by atoms with Crippen LogP contribution in [0.1, 0.15) is 24.4 Å². The number of hydrogen-bond donors (Lipinski definition) is 1. The molecule has 2 aromatic carbocycles. The molecule has 2 aromatic rings. The Morgan fingerprint density at radius 1 is 1.29 bits per heavy atom. The SMILES string of the molecule is N[C@H]1CCCOc2c1cc1ccccc1c2Br. The average Bonchev–Trinajstić information content (AvgIpc) is 2.53. The van der Waals surface area contributed by atoms with Gasteiger partial charge in [-0.1, -0.05) is 24.3 Å². The van der Waals surface area contributed by atoms with Crippen LogP contribution < -0.4 is 10.5 Å². The minimum atomic E-state index is 0.0772. The molecule has 3 rings (SSSR count). The quantitative estimate of drug-likeness (QED) is 0.802. The Labute approximate surface area is 109 Å². The van der Waals surface area contributed by atoms with Crippen molar-refractivity contribution < 1.29 is 4.74 Å². The van der Waals surface area contributed by atoms with Crippen LogP contribution in [0.4, 0.5) is 0 Å². The van der Waals surface area contributed by atoms with Crippen LogP contribution in [0.5, 0.6) is 5.75 Å². The third-order valence-corrected chi connectivity index (χ3v) is 4.06. The minimum Gasteiger partial charge on any atom is -0.492 e. The first kappa shape index (κ1) is 11.1. The molecule has 1 heterocycles. The lowest BCUT2D eigenvalue weighted by Crippen LogP contribution is -2.09. The molecule has 2 N–H and O–H groups in total. The zero-order valence-electron chi connectivity index (χ0n) is 9.45. The van der Waals surface area contributed by atoms with E-state index in [-0.39, 0.29) is 6.04 Å². The van der Waals surface area contributed by atoms with E-state index in [1.54, 1.807) is 0 Å². The molecule has 0 aliphatic carbocycles. The van der Waals surface area contributed by atoms with Crippen molar-refractivity contribution in [3.63, 3.8) is 0 Å². The summed E-state index contributed by atoms with van der Waals surface area (Å²) < 4.78 is 6.86. The summed E-state index contributed by atoms with van der Waals surface area (Å²) in [6.45, 7) is 0.748. The van der Waals surface area contributed by atoms with Gasteiger partial charge in [0.15, 0.2) is 0 Å². The molecule has 1 aliphatic rings. The summed E-state index contributed by atoms with van der Waals surface area (Å²) in [6, 6.07) is 10.5. The molecule has 0 saturated heterocycles. The van der Waals surface area contributed by atoms with Crippen LogP contribution >= 0.6 is 15.9 Å². The van der Waals surface area contributed by atoms with Crippen molar-refractivity contribution in [1.82, 2.24) is 0 Å². The van der Waals surface area contributed by atoms with Gasteiger partial charge in [0, 0.05) is 11.6 Å². The number of nitrogens with two attached hydrogens (primary N) is 1. The van der Waals surface area contributed by atoms with Gasteiger partial charge < -0.3 is 10.5 Å². The van der Waals surface area contributed by atoms with Crippen LogP contribution in [0, 0.1) is 0 Å². The lowest BCUT2D eigenvalue weighted by molar-refractivity contribution is 0.315. The van der Waals surface area contributed by atoms with E-state index in [1.165, 1.54) is 10.8 Å². The summed E-state index contributed by atoms with van der Waals surface area (Å²) in [5.74, 6) is 0.925. The van der Waals surface area contributed by atoms with Gasteiger partial charge in [-0.3, -0.25) is 0 Å². The van der Waals surface area contributed by atoms with E-state index in [9.17, 15) is 0 Å². The van der Waals surface area contributed by atoms with Gasteiger partial charge in [0.05, 0.1) is 11.1 Å². The Kier molecular flexibility index (Phi) is 2.81. The zero-order valence-corrected chi connectivity index (χ0v) is 11.0. The second kappa shape index (κ2) is 4.31. The summed E-state index contributed by atoms with van der Waals surface area (Å²) in [4.78, 5) is 0. The molecule has 0 unspecified atom stereocenters. The third kappa shape index (κ3) is 1.83. The molecule has 0 radical (unpaired) electrons. The smallest absolute Gasteiger partial charge is 0.138 e. The molecule has 0 fully saturated rings. The molecule has 1 atom stereocenters. The van der Waals surface area contributed by atoms with Crippen molar-refractivity contribution in [2.45, 2.75) is 18.9 Å². The maximum absolute atomic E-state index is 6.21. The Morgan fingerprint density at radius 2 is 2.12 bits per heavy atom. The Balaban J connectivity index is 2.31. The highest BCUT2D eigenvalue weighted by Gasteiger charge is 2.20. The highest BCUT2D eigenvalue weighted by molar-refractivity contribution is 9.10. The van der Waals surface area contributed by atoms with Gasteiger partial charge in [0.2, 0.25) is 0 Å². The zero-order chi connectivity index (χ0) is 11.8. The molecular weight excluding hydrogens is 278 g/mol. The minimum absolute atomic E-state index is 0.0772. The maximum Gasteiger partial charge on any atom is 0.138 e. The van der Waals surface area contributed by atoms with Crippen molar-refractivity contribution in [2.24, 2.45) is 5.73 Å². The number of rotatable bonds is 0. The number of ether oxygens (including phenoxy) is 1. The van der Waals surface area contributed by atoms with Crippen molar-refractivity contribution >= 4 is 26.7 Å². The predicted molar refractivity (Wildman–Crippen MR) is 73.3 cm³/mol. The molecule has 17 heavy (non-hydrogen) atoms. The van der Waals surface area contributed by atoms with Gasteiger partial charge >= 0.3 is 0 Å². The van der Waals surface area contributed by atoms with E-state index < -0.39 is 0 Å². The fourth-order valence-corrected chi connectivity index (χ4v) is 3.06. The first-order chi connectivity index (χ1) is 8.27. The Morgan fingerprint density at radius 3 is 3.00 bits per heavy atom. The largest absolute Gasteiger partial charge is 0.492 e. The van der Waals surface area contributed by atoms with Crippen LogP contribution in [0.25, 0.3) is 10.8 Å². The van der Waals surface area contributed by atoms with Crippen LogP contribution in [0.3, 0.4) is 0 Å². The van der Waals surface area contributed by atoms with Crippen LogP contribution in [-0.4, -0.2) is 6.61 Å². The van der Waals surface area contributed by atoms with Gasteiger partial charge in [-0.2, -0.15) is 0 Å². The van der Waals surface area contributed by atoms with E-state index in [1.807, 2.05) is 12.1 Å². The third-order valence-electron chi connectivity index (χ3n) is 3.28. The first-order valence-electron chi connectivity index (χ1n) is 5.87. The molecule has 0 spiro atoms. The fraction of sp³-hybridized carbons (Fsp3) is 0.286. The number of hydrogen-bond acceptors (Lipinski definition) is 2. The summed E-state index contributed by atoms with van der Waals surface area (Å²) in [6.07, 6.45) is 2.00. The summed E-state index contributed by atoms with van der Waals surface area (Å²) in [7, 11) is 0. The number of fused-ring (bicyclic) bond motifs is 2. The Bertz CT molecular complexity index is 567. The number of benzene rings is 2. The molecule has 2 nitrogen and oxygen atoms in total. The van der Waals surface area contributed by atoms with Crippen molar-refractivity contribution in [3.8, 4) is 5.75 Å². The van der Waals surface area contributed by atoms with Gasteiger partial charge in [-0.25, -0.2) is 0 Å². The number of halogens is 1. The van der Waals surface area contributed by atoms with E-state index in [4.69, 9.17) is 10.5 Å². The first-order valence-corrected chi connectivity index (χ1v) is 6.66. The standard InChI is InChI=1S/C14H14BrNO/c15-13-10-5-2-1-4-9(10)8-11-12(16)6-3-7-17-14(11)13/h1-2,4-5,8,12H,3,6-7,16H2/t12-/m0/s1. The van der Waals surface area contributed by atoms with Crippen LogP contribution in [-0.2, 0) is 0 Å². The highest BCUT2D eigenvalue weighted by Crippen LogP contribution is 2.41. The molecule has 0 saturated carbocycles. The monoisotopic (exact) mass is 291 g/mol. The molecule has 1 aliphatic heterocycles. The van der Waals surface area contributed by atoms with Gasteiger partial charge in [-0.05, 0) is 45.6 Å². The van der Waals surface area contributed by atoms with E-state index in [0.29, 0.717) is 0 Å². The molecule has 88 valence electrons. The maximum atomic E-state index is 6.21. The van der Waals surface area contributed by atoms with Crippen LogP contribution in [0.2, 0.25) is 0 Å². The van der Waals surface area contributed by atoms with Crippen molar-refractivity contribution in [3.05, 3.63) is 40.4 Å². The van der Waals surface area contributed by atoms with E-state index in [0.717, 1.165) is 35.2 Å². The lowest BCUT2D eigenvalue weighted by atomic mass is 9.99. The Hall–Kier alpha value is -1.06. The molecule has 0 aromatic heterocycles. The topological polar surface area (TPSA) is 35.2 Å². The molecule has 3 heteroatoms. The summed E-state index contributed by atoms with van der Waals surface area (Å²) in [5, 5.41) is 2.39. The van der Waals surface area contributed by atoms with Gasteiger partial charge in [0.1, 0.15) is 5.75 Å². The van der Waals surface area contributed by atoms with E-state index >= 15 is 0 Å². The second-order valence-electron chi connectivity index (χ2n) is 4.43. The second-order valence-corrected chi connectivity index (χ2v) is 5.22. The fourth-order valence-electron chi connectivity index (χ4n) is 2.36. The lowest BCUT2D eigenvalue weighted by Gasteiger charge is -2.15. The van der Waals surface area contributed by atoms with Crippen molar-refractivity contribution in [2.75, 3.05) is 6.61 Å². The summed E-state index contributed by atoms with van der Waals surface area (Å²) in [5.41, 5.74) is 7.32. The molecule has 0 bridgehead atoms. The molecule has 0 amide bonds.